The number of carbonyl (C=O) groups excluding carboxylic acids is 1. The second-order valence-electron chi connectivity index (χ2n) is 6.82. The Morgan fingerprint density at radius 2 is 1.70 bits per heavy atom. The SMILES string of the molecule is Cc1cccc(S(=O)(=O)C(C)Nc2cc(O)c(NC(=O)c3ccccc3)cc2Cl)c1. The molecule has 0 aliphatic rings. The third-order valence-electron chi connectivity index (χ3n) is 4.51. The second-order valence-corrected chi connectivity index (χ2v) is 9.49. The van der Waals surface area contributed by atoms with Crippen LogP contribution in [-0.2, 0) is 9.84 Å². The molecule has 0 saturated carbocycles. The van der Waals surface area contributed by atoms with Crippen molar-refractivity contribution in [3.63, 3.8) is 0 Å². The number of hydrogen-bond acceptors (Lipinski definition) is 5. The fraction of sp³-hybridized carbons (Fsp3) is 0.136. The molecular formula is C22H21ClN2O4S. The van der Waals surface area contributed by atoms with Crippen molar-refractivity contribution in [2.75, 3.05) is 10.6 Å². The van der Waals surface area contributed by atoms with Gasteiger partial charge in [-0.15, -0.1) is 0 Å². The average molecular weight is 445 g/mol. The number of hydrogen-bond donors (Lipinski definition) is 3. The summed E-state index contributed by atoms with van der Waals surface area (Å²) in [5, 5.41) is 14.9. The molecule has 1 atom stereocenters. The van der Waals surface area contributed by atoms with Gasteiger partial charge in [0, 0.05) is 11.6 Å². The highest BCUT2D eigenvalue weighted by molar-refractivity contribution is 7.92. The summed E-state index contributed by atoms with van der Waals surface area (Å²) < 4.78 is 25.7. The number of anilines is 2. The van der Waals surface area contributed by atoms with E-state index in [0.29, 0.717) is 5.56 Å². The molecule has 0 spiro atoms. The Kier molecular flexibility index (Phi) is 6.34. The number of phenols is 1. The first-order valence-corrected chi connectivity index (χ1v) is 11.1. The van der Waals surface area contributed by atoms with Crippen LogP contribution < -0.4 is 10.6 Å². The lowest BCUT2D eigenvalue weighted by Gasteiger charge is -2.18. The minimum Gasteiger partial charge on any atom is -0.506 e. The van der Waals surface area contributed by atoms with Crippen molar-refractivity contribution in [3.8, 4) is 5.75 Å². The molecule has 3 aromatic carbocycles. The Balaban J connectivity index is 1.80. The van der Waals surface area contributed by atoms with Crippen LogP contribution in [-0.4, -0.2) is 24.8 Å². The van der Waals surface area contributed by atoms with E-state index in [2.05, 4.69) is 10.6 Å². The van der Waals surface area contributed by atoms with Crippen LogP contribution in [0.1, 0.15) is 22.8 Å². The topological polar surface area (TPSA) is 95.5 Å². The van der Waals surface area contributed by atoms with Crippen molar-refractivity contribution in [1.29, 1.82) is 0 Å². The fourth-order valence-electron chi connectivity index (χ4n) is 2.85. The van der Waals surface area contributed by atoms with Crippen molar-refractivity contribution in [3.05, 3.63) is 82.9 Å². The largest absolute Gasteiger partial charge is 0.506 e. The van der Waals surface area contributed by atoms with Crippen LogP contribution in [0.2, 0.25) is 5.02 Å². The first-order chi connectivity index (χ1) is 14.2. The van der Waals surface area contributed by atoms with Crippen molar-refractivity contribution >= 4 is 38.7 Å². The molecule has 30 heavy (non-hydrogen) atoms. The summed E-state index contributed by atoms with van der Waals surface area (Å²) >= 11 is 6.28. The number of phenolic OH excluding ortho intramolecular Hbond substituents is 1. The molecule has 0 bridgehead atoms. The fourth-order valence-corrected chi connectivity index (χ4v) is 4.38. The molecule has 0 saturated heterocycles. The van der Waals surface area contributed by atoms with Gasteiger partial charge in [-0.05, 0) is 49.7 Å². The van der Waals surface area contributed by atoms with Gasteiger partial charge in [0.1, 0.15) is 11.1 Å². The highest BCUT2D eigenvalue weighted by atomic mass is 35.5. The molecule has 0 radical (unpaired) electrons. The first kappa shape index (κ1) is 21.7. The monoisotopic (exact) mass is 444 g/mol. The van der Waals surface area contributed by atoms with Gasteiger partial charge in [0.25, 0.3) is 5.91 Å². The Labute approximate surface area is 180 Å². The molecule has 3 rings (SSSR count). The average Bonchev–Trinajstić information content (AvgIpc) is 2.72. The molecule has 0 heterocycles. The summed E-state index contributed by atoms with van der Waals surface area (Å²) in [6.45, 7) is 3.31. The van der Waals surface area contributed by atoms with Gasteiger partial charge in [0.15, 0.2) is 9.84 Å². The zero-order valence-corrected chi connectivity index (χ0v) is 18.0. The molecule has 8 heteroatoms. The van der Waals surface area contributed by atoms with Crippen LogP contribution in [0.25, 0.3) is 0 Å². The number of aryl methyl sites for hydroxylation is 1. The van der Waals surface area contributed by atoms with E-state index in [9.17, 15) is 18.3 Å². The summed E-state index contributed by atoms with van der Waals surface area (Å²) in [4.78, 5) is 12.5. The number of amides is 1. The van der Waals surface area contributed by atoms with E-state index in [1.807, 2.05) is 13.0 Å². The third kappa shape index (κ3) is 4.75. The molecule has 1 amide bonds. The maximum atomic E-state index is 12.8. The Morgan fingerprint density at radius 1 is 1.00 bits per heavy atom. The highest BCUT2D eigenvalue weighted by Crippen LogP contribution is 2.35. The molecule has 156 valence electrons. The number of sulfone groups is 1. The minimum absolute atomic E-state index is 0.119. The van der Waals surface area contributed by atoms with E-state index in [0.717, 1.165) is 5.56 Å². The van der Waals surface area contributed by atoms with Gasteiger partial charge in [-0.1, -0.05) is 41.9 Å². The summed E-state index contributed by atoms with van der Waals surface area (Å²) in [5.41, 5.74) is 1.61. The Bertz CT molecular complexity index is 1180. The number of benzene rings is 3. The predicted molar refractivity (Wildman–Crippen MR) is 119 cm³/mol. The zero-order chi connectivity index (χ0) is 21.9. The van der Waals surface area contributed by atoms with Gasteiger partial charge in [0.05, 0.1) is 21.3 Å². The molecule has 3 N–H and O–H groups in total. The predicted octanol–water partition coefficient (Wildman–Crippen LogP) is 4.84. The summed E-state index contributed by atoms with van der Waals surface area (Å²) in [6, 6.07) is 17.8. The van der Waals surface area contributed by atoms with E-state index in [4.69, 9.17) is 11.6 Å². The summed E-state index contributed by atoms with van der Waals surface area (Å²) in [6.07, 6.45) is 0. The van der Waals surface area contributed by atoms with Gasteiger partial charge in [-0.3, -0.25) is 4.79 Å². The van der Waals surface area contributed by atoms with Gasteiger partial charge < -0.3 is 15.7 Å². The summed E-state index contributed by atoms with van der Waals surface area (Å²) in [7, 11) is -3.68. The van der Waals surface area contributed by atoms with Crippen LogP contribution in [0.15, 0.2) is 71.6 Å². The molecule has 0 aliphatic carbocycles. The van der Waals surface area contributed by atoms with Crippen LogP contribution in [0, 0.1) is 6.92 Å². The normalized spacial score (nSPS) is 12.2. The molecule has 1 unspecified atom stereocenters. The Morgan fingerprint density at radius 3 is 2.37 bits per heavy atom. The van der Waals surface area contributed by atoms with Gasteiger partial charge in [0.2, 0.25) is 0 Å². The van der Waals surface area contributed by atoms with E-state index in [1.165, 1.54) is 25.1 Å². The van der Waals surface area contributed by atoms with E-state index < -0.39 is 21.1 Å². The van der Waals surface area contributed by atoms with Crippen LogP contribution in [0.3, 0.4) is 0 Å². The number of nitrogens with one attached hydrogen (secondary N) is 2. The molecule has 0 fully saturated rings. The number of aromatic hydroxyl groups is 1. The highest BCUT2D eigenvalue weighted by Gasteiger charge is 2.24. The van der Waals surface area contributed by atoms with Crippen molar-refractivity contribution < 1.29 is 18.3 Å². The quantitative estimate of drug-likeness (QED) is 0.473. The van der Waals surface area contributed by atoms with E-state index >= 15 is 0 Å². The van der Waals surface area contributed by atoms with Crippen LogP contribution in [0.5, 0.6) is 5.75 Å². The standard InChI is InChI=1S/C22H21ClN2O4S/c1-14-7-6-10-17(11-14)30(28,29)15(2)24-19-13-21(26)20(12-18(19)23)25-22(27)16-8-4-3-5-9-16/h3-13,15,24,26H,1-2H3,(H,25,27). The number of rotatable bonds is 6. The third-order valence-corrected chi connectivity index (χ3v) is 6.78. The number of carbonyl (C=O) groups is 1. The van der Waals surface area contributed by atoms with Crippen molar-refractivity contribution in [2.45, 2.75) is 24.1 Å². The maximum Gasteiger partial charge on any atom is 0.255 e. The van der Waals surface area contributed by atoms with Gasteiger partial charge in [-0.2, -0.15) is 0 Å². The van der Waals surface area contributed by atoms with Crippen LogP contribution >= 0.6 is 11.6 Å². The van der Waals surface area contributed by atoms with Gasteiger partial charge >= 0.3 is 0 Å². The lowest BCUT2D eigenvalue weighted by molar-refractivity contribution is 0.102. The van der Waals surface area contributed by atoms with E-state index in [-0.39, 0.29) is 27.0 Å². The van der Waals surface area contributed by atoms with Crippen LogP contribution in [0.4, 0.5) is 11.4 Å². The molecule has 6 nitrogen and oxygen atoms in total. The minimum atomic E-state index is -3.68. The Hall–Kier alpha value is -3.03. The molecule has 0 aliphatic heterocycles. The smallest absolute Gasteiger partial charge is 0.255 e. The number of halogens is 1. The molecule has 3 aromatic rings. The summed E-state index contributed by atoms with van der Waals surface area (Å²) in [5.74, 6) is -0.649. The van der Waals surface area contributed by atoms with Crippen molar-refractivity contribution in [1.82, 2.24) is 0 Å². The lowest BCUT2D eigenvalue weighted by atomic mass is 10.2. The zero-order valence-electron chi connectivity index (χ0n) is 16.4. The maximum absolute atomic E-state index is 12.8. The van der Waals surface area contributed by atoms with E-state index in [1.54, 1.807) is 42.5 Å². The second kappa shape index (κ2) is 8.77. The van der Waals surface area contributed by atoms with Gasteiger partial charge in [-0.25, -0.2) is 8.42 Å². The molecular weight excluding hydrogens is 424 g/mol. The van der Waals surface area contributed by atoms with Crippen molar-refractivity contribution in [2.24, 2.45) is 0 Å². The first-order valence-electron chi connectivity index (χ1n) is 9.14. The lowest BCUT2D eigenvalue weighted by Crippen LogP contribution is -2.26. The molecule has 0 aromatic heterocycles.